The summed E-state index contributed by atoms with van der Waals surface area (Å²) in [5.41, 5.74) is 5.21. The number of nitrogens with zero attached hydrogens (tertiary/aromatic N) is 4. The van der Waals surface area contributed by atoms with Gasteiger partial charge in [0.15, 0.2) is 0 Å². The van der Waals surface area contributed by atoms with E-state index in [4.69, 9.17) is 5.73 Å². The number of anilines is 2. The van der Waals surface area contributed by atoms with Gasteiger partial charge in [0, 0.05) is 11.6 Å². The monoisotopic (exact) mass is 266 g/mol. The highest BCUT2D eigenvalue weighted by Crippen LogP contribution is 2.26. The number of aromatic nitrogens is 3. The molecule has 0 bridgehead atoms. The minimum Gasteiger partial charge on any atom is -0.368 e. The molecular weight excluding hydrogens is 256 g/mol. The van der Waals surface area contributed by atoms with Gasteiger partial charge < -0.3 is 11.1 Å². The molecule has 8 nitrogen and oxygen atoms in total. The lowest BCUT2D eigenvalue weighted by atomic mass is 10.3. The maximum Gasteiger partial charge on any atom is 0.329 e. The molecule has 1 atom stereocenters. The highest BCUT2D eigenvalue weighted by atomic mass is 32.1. The predicted octanol–water partition coefficient (Wildman–Crippen LogP) is 1.60. The van der Waals surface area contributed by atoms with Gasteiger partial charge in [0.25, 0.3) is 0 Å². The molecule has 0 aliphatic rings. The van der Waals surface area contributed by atoms with E-state index in [-0.39, 0.29) is 23.5 Å². The average molecular weight is 266 g/mol. The quantitative estimate of drug-likeness (QED) is 0.636. The van der Waals surface area contributed by atoms with Crippen molar-refractivity contribution in [1.29, 1.82) is 0 Å². The number of nitro groups is 1. The maximum absolute atomic E-state index is 10.8. The number of nitrogen functional groups attached to an aromatic ring is 1. The van der Waals surface area contributed by atoms with Gasteiger partial charge in [-0.2, -0.15) is 4.98 Å². The van der Waals surface area contributed by atoms with E-state index >= 15 is 0 Å². The van der Waals surface area contributed by atoms with Crippen molar-refractivity contribution in [3.8, 4) is 0 Å². The average Bonchev–Trinajstić information content (AvgIpc) is 2.81. The Balaban J connectivity index is 2.28. The van der Waals surface area contributed by atoms with Crippen molar-refractivity contribution >= 4 is 28.8 Å². The van der Waals surface area contributed by atoms with Gasteiger partial charge in [-0.15, -0.1) is 11.3 Å². The summed E-state index contributed by atoms with van der Waals surface area (Å²) in [7, 11) is 0. The van der Waals surface area contributed by atoms with Gasteiger partial charge in [0.2, 0.25) is 11.8 Å². The zero-order chi connectivity index (χ0) is 13.1. The largest absolute Gasteiger partial charge is 0.368 e. The third kappa shape index (κ3) is 2.51. The molecule has 0 aromatic carbocycles. The smallest absolute Gasteiger partial charge is 0.329 e. The van der Waals surface area contributed by atoms with Crippen LogP contribution in [0.2, 0.25) is 0 Å². The maximum atomic E-state index is 10.8. The Labute approximate surface area is 106 Å². The van der Waals surface area contributed by atoms with Crippen LogP contribution in [0.3, 0.4) is 0 Å². The van der Waals surface area contributed by atoms with Gasteiger partial charge in [-0.3, -0.25) is 10.1 Å². The summed E-state index contributed by atoms with van der Waals surface area (Å²) in [5.74, 6) is 0.0737. The van der Waals surface area contributed by atoms with E-state index in [1.807, 2.05) is 12.3 Å². The molecule has 3 N–H and O–H groups in total. The Morgan fingerprint density at radius 3 is 2.94 bits per heavy atom. The normalized spacial score (nSPS) is 12.1. The van der Waals surface area contributed by atoms with Crippen LogP contribution in [0.25, 0.3) is 0 Å². The van der Waals surface area contributed by atoms with Gasteiger partial charge in [0.05, 0.1) is 11.0 Å². The second-order valence-corrected chi connectivity index (χ2v) is 4.38. The van der Waals surface area contributed by atoms with E-state index in [0.29, 0.717) is 0 Å². The molecule has 9 heteroatoms. The summed E-state index contributed by atoms with van der Waals surface area (Å²) in [6, 6.07) is -0.196. The zero-order valence-corrected chi connectivity index (χ0v) is 10.2. The first kappa shape index (κ1) is 12.2. The van der Waals surface area contributed by atoms with Crippen LogP contribution in [-0.2, 0) is 0 Å². The number of nitrogens with two attached hydrogens (primary N) is 1. The van der Waals surface area contributed by atoms with Crippen LogP contribution >= 0.6 is 11.3 Å². The van der Waals surface area contributed by atoms with Crippen molar-refractivity contribution in [2.75, 3.05) is 11.1 Å². The molecule has 0 aliphatic carbocycles. The van der Waals surface area contributed by atoms with Crippen LogP contribution in [0.1, 0.15) is 18.0 Å². The molecular formula is C9H10N6O2S. The van der Waals surface area contributed by atoms with E-state index in [0.717, 1.165) is 11.2 Å². The second kappa shape index (κ2) is 4.92. The fraction of sp³-hybridized carbons (Fsp3) is 0.222. The van der Waals surface area contributed by atoms with Crippen LogP contribution in [0.4, 0.5) is 17.5 Å². The van der Waals surface area contributed by atoms with Gasteiger partial charge in [-0.25, -0.2) is 9.97 Å². The number of thiazole rings is 1. The summed E-state index contributed by atoms with van der Waals surface area (Å²) < 4.78 is 0. The van der Waals surface area contributed by atoms with Gasteiger partial charge in [0.1, 0.15) is 11.2 Å². The Bertz CT molecular complexity index is 558. The molecule has 0 amide bonds. The Morgan fingerprint density at radius 1 is 1.56 bits per heavy atom. The first-order valence-electron chi connectivity index (χ1n) is 5.00. The summed E-state index contributed by atoms with van der Waals surface area (Å²) >= 11 is 1.45. The fourth-order valence-electron chi connectivity index (χ4n) is 1.34. The Hall–Kier alpha value is -2.29. The number of nitrogens with one attached hydrogen (secondary N) is 1. The van der Waals surface area contributed by atoms with E-state index in [2.05, 4.69) is 20.3 Å². The molecule has 2 heterocycles. The molecule has 2 aromatic heterocycles. The second-order valence-electron chi connectivity index (χ2n) is 3.46. The molecule has 0 fully saturated rings. The SMILES string of the molecule is CC(Nc1nc(N)ncc1[N+](=O)[O-])c1nccs1. The molecule has 94 valence electrons. The molecule has 0 saturated heterocycles. The van der Waals surface area contributed by atoms with Crippen molar-refractivity contribution < 1.29 is 4.92 Å². The van der Waals surface area contributed by atoms with Crippen LogP contribution in [-0.4, -0.2) is 19.9 Å². The Kier molecular flexibility index (Phi) is 3.33. The fourth-order valence-corrected chi connectivity index (χ4v) is 1.99. The van der Waals surface area contributed by atoms with Crippen molar-refractivity contribution in [3.05, 3.63) is 32.9 Å². The van der Waals surface area contributed by atoms with Crippen LogP contribution in [0.15, 0.2) is 17.8 Å². The zero-order valence-electron chi connectivity index (χ0n) is 9.40. The molecule has 2 rings (SSSR count). The number of hydrogen-bond donors (Lipinski definition) is 2. The van der Waals surface area contributed by atoms with Crippen molar-refractivity contribution in [1.82, 2.24) is 15.0 Å². The van der Waals surface area contributed by atoms with E-state index in [9.17, 15) is 10.1 Å². The molecule has 18 heavy (non-hydrogen) atoms. The first-order chi connectivity index (χ1) is 8.58. The number of hydrogen-bond acceptors (Lipinski definition) is 8. The van der Waals surface area contributed by atoms with Crippen LogP contribution < -0.4 is 11.1 Å². The third-order valence-corrected chi connectivity index (χ3v) is 3.12. The minimum atomic E-state index is -0.559. The highest BCUT2D eigenvalue weighted by molar-refractivity contribution is 7.09. The summed E-state index contributed by atoms with van der Waals surface area (Å²) in [4.78, 5) is 21.8. The predicted molar refractivity (Wildman–Crippen MR) is 67.3 cm³/mol. The van der Waals surface area contributed by atoms with Gasteiger partial charge in [-0.1, -0.05) is 0 Å². The molecule has 2 aromatic rings. The summed E-state index contributed by atoms with van der Waals surface area (Å²) in [6.45, 7) is 1.83. The van der Waals surface area contributed by atoms with Gasteiger partial charge in [-0.05, 0) is 6.92 Å². The Morgan fingerprint density at radius 2 is 2.33 bits per heavy atom. The third-order valence-electron chi connectivity index (χ3n) is 2.16. The first-order valence-corrected chi connectivity index (χ1v) is 5.88. The van der Waals surface area contributed by atoms with Crippen molar-refractivity contribution in [3.63, 3.8) is 0 Å². The van der Waals surface area contributed by atoms with E-state index in [1.165, 1.54) is 11.3 Å². The molecule has 0 saturated carbocycles. The van der Waals surface area contributed by atoms with E-state index in [1.54, 1.807) is 6.20 Å². The molecule has 0 spiro atoms. The van der Waals surface area contributed by atoms with Crippen molar-refractivity contribution in [2.45, 2.75) is 13.0 Å². The number of rotatable bonds is 4. The molecule has 0 aliphatic heterocycles. The van der Waals surface area contributed by atoms with Crippen LogP contribution in [0.5, 0.6) is 0 Å². The summed E-state index contributed by atoms with van der Waals surface area (Å²) in [5, 5.41) is 16.4. The van der Waals surface area contributed by atoms with Crippen molar-refractivity contribution in [2.24, 2.45) is 0 Å². The van der Waals surface area contributed by atoms with Crippen LogP contribution in [0, 0.1) is 10.1 Å². The lowest BCUT2D eigenvalue weighted by Crippen LogP contribution is -2.11. The highest BCUT2D eigenvalue weighted by Gasteiger charge is 2.19. The van der Waals surface area contributed by atoms with Gasteiger partial charge >= 0.3 is 5.69 Å². The standard InChI is InChI=1S/C9H10N6O2S/c1-5(8-11-2-3-18-8)13-7-6(15(16)17)4-12-9(10)14-7/h2-5H,1H3,(H3,10,12,13,14). The lowest BCUT2D eigenvalue weighted by molar-refractivity contribution is -0.384. The molecule has 0 radical (unpaired) electrons. The topological polar surface area (TPSA) is 120 Å². The molecule has 1 unspecified atom stereocenters. The minimum absolute atomic E-state index is 0.0190. The lowest BCUT2D eigenvalue weighted by Gasteiger charge is -2.11. The summed E-state index contributed by atoms with van der Waals surface area (Å²) in [6.07, 6.45) is 2.75. The van der Waals surface area contributed by atoms with E-state index < -0.39 is 4.92 Å².